The Morgan fingerprint density at radius 3 is 2.79 bits per heavy atom. The number of carbonyl (C=O) groups excluding carboxylic acids is 1. The molecule has 0 aromatic heterocycles. The smallest absolute Gasteiger partial charge is 0.359 e. The Hall–Kier alpha value is -2.07. The van der Waals surface area contributed by atoms with Crippen LogP contribution in [0.1, 0.15) is 12.5 Å². The monoisotopic (exact) mass is 272 g/mol. The van der Waals surface area contributed by atoms with E-state index in [0.29, 0.717) is 11.3 Å². The minimum Gasteiger partial charge on any atom is -0.359 e. The van der Waals surface area contributed by atoms with Crippen molar-refractivity contribution in [3.05, 3.63) is 29.8 Å². The molecule has 0 aliphatic rings. The zero-order valence-corrected chi connectivity index (χ0v) is 9.99. The number of halogens is 3. The second-order valence-corrected chi connectivity index (χ2v) is 3.74. The number of nitriles is 1. The van der Waals surface area contributed by atoms with Gasteiger partial charge in [0.05, 0.1) is 11.6 Å². The highest BCUT2D eigenvalue weighted by atomic mass is 19.4. The molecule has 0 aliphatic carbocycles. The third-order valence-electron chi connectivity index (χ3n) is 2.20. The summed E-state index contributed by atoms with van der Waals surface area (Å²) in [4.78, 5) is 11.4. The molecule has 1 N–H and O–H groups in total. The average Bonchev–Trinajstić information content (AvgIpc) is 2.35. The van der Waals surface area contributed by atoms with E-state index in [2.05, 4.69) is 10.1 Å². The molecule has 102 valence electrons. The summed E-state index contributed by atoms with van der Waals surface area (Å²) in [5.74, 6) is -0.716. The van der Waals surface area contributed by atoms with Gasteiger partial charge in [-0.2, -0.15) is 18.4 Å². The number of carbonyl (C=O) groups is 1. The number of alkyl halides is 3. The van der Waals surface area contributed by atoms with Crippen LogP contribution in [-0.4, -0.2) is 24.8 Å². The van der Waals surface area contributed by atoms with Gasteiger partial charge in [-0.1, -0.05) is 6.07 Å². The number of hydrogen-bond acceptors (Lipinski definition) is 3. The zero-order chi connectivity index (χ0) is 14.5. The summed E-state index contributed by atoms with van der Waals surface area (Å²) < 4.78 is 40.8. The normalized spacial score (nSPS) is 12.6. The largest absolute Gasteiger partial charge is 0.414 e. The van der Waals surface area contributed by atoms with E-state index in [4.69, 9.17) is 5.26 Å². The summed E-state index contributed by atoms with van der Waals surface area (Å²) in [6.45, 7) is 0.112. The molecule has 0 saturated carbocycles. The van der Waals surface area contributed by atoms with Gasteiger partial charge >= 0.3 is 6.18 Å². The molecule has 1 unspecified atom stereocenters. The van der Waals surface area contributed by atoms with E-state index in [-0.39, 0.29) is 0 Å². The van der Waals surface area contributed by atoms with Gasteiger partial charge < -0.3 is 10.1 Å². The van der Waals surface area contributed by atoms with Crippen LogP contribution in [0.3, 0.4) is 0 Å². The second kappa shape index (κ2) is 6.20. The van der Waals surface area contributed by atoms with Crippen LogP contribution in [0.25, 0.3) is 0 Å². The molecule has 7 heteroatoms. The van der Waals surface area contributed by atoms with Gasteiger partial charge in [0.15, 0.2) is 6.10 Å². The van der Waals surface area contributed by atoms with E-state index in [9.17, 15) is 18.0 Å². The predicted molar refractivity (Wildman–Crippen MR) is 61.3 cm³/mol. The Balaban J connectivity index is 2.50. The molecule has 1 rings (SSSR count). The Kier molecular flexibility index (Phi) is 4.89. The van der Waals surface area contributed by atoms with Crippen LogP contribution in [0.15, 0.2) is 24.3 Å². The molecular formula is C12H11F3N2O2. The number of anilines is 1. The fraction of sp³-hybridized carbons (Fsp3) is 0.333. The molecule has 0 spiro atoms. The summed E-state index contributed by atoms with van der Waals surface area (Å²) >= 11 is 0. The standard InChI is InChI=1S/C12H11F3N2O2/c1-8(12(13,14)15)19-7-11(18)17-10-4-2-3-9(5-10)6-16/h2-5,8H,7H2,1H3,(H,17,18). The van der Waals surface area contributed by atoms with E-state index in [1.807, 2.05) is 6.07 Å². The van der Waals surface area contributed by atoms with Gasteiger partial charge in [-0.15, -0.1) is 0 Å². The summed E-state index contributed by atoms with van der Waals surface area (Å²) in [7, 11) is 0. The zero-order valence-electron chi connectivity index (χ0n) is 9.99. The van der Waals surface area contributed by atoms with Gasteiger partial charge in [-0.25, -0.2) is 0 Å². The maximum atomic E-state index is 12.1. The maximum Gasteiger partial charge on any atom is 0.414 e. The Morgan fingerprint density at radius 1 is 1.53 bits per heavy atom. The van der Waals surface area contributed by atoms with Crippen LogP contribution in [-0.2, 0) is 9.53 Å². The molecule has 0 aliphatic heterocycles. The van der Waals surface area contributed by atoms with Crippen LogP contribution in [0.5, 0.6) is 0 Å². The molecule has 19 heavy (non-hydrogen) atoms. The minimum absolute atomic E-state index is 0.326. The number of amides is 1. The maximum absolute atomic E-state index is 12.1. The minimum atomic E-state index is -4.50. The van der Waals surface area contributed by atoms with Crippen LogP contribution >= 0.6 is 0 Å². The fourth-order valence-electron chi connectivity index (χ4n) is 1.16. The summed E-state index contributed by atoms with van der Waals surface area (Å²) in [5, 5.41) is 11.0. The van der Waals surface area contributed by atoms with Crippen LogP contribution < -0.4 is 5.32 Å². The van der Waals surface area contributed by atoms with Gasteiger partial charge in [-0.05, 0) is 25.1 Å². The lowest BCUT2D eigenvalue weighted by molar-refractivity contribution is -0.213. The molecule has 0 saturated heterocycles. The number of hydrogen-bond donors (Lipinski definition) is 1. The lowest BCUT2D eigenvalue weighted by atomic mass is 10.2. The van der Waals surface area contributed by atoms with E-state index in [0.717, 1.165) is 6.92 Å². The fourth-order valence-corrected chi connectivity index (χ4v) is 1.16. The highest BCUT2D eigenvalue weighted by Crippen LogP contribution is 2.22. The van der Waals surface area contributed by atoms with Gasteiger partial charge in [0.2, 0.25) is 5.91 Å². The molecule has 0 radical (unpaired) electrons. The first-order valence-electron chi connectivity index (χ1n) is 5.31. The van der Waals surface area contributed by atoms with Gasteiger partial charge in [-0.3, -0.25) is 4.79 Å². The number of ether oxygens (including phenoxy) is 1. The lowest BCUT2D eigenvalue weighted by Gasteiger charge is -2.16. The second-order valence-electron chi connectivity index (χ2n) is 3.74. The van der Waals surface area contributed by atoms with Gasteiger partial charge in [0.25, 0.3) is 0 Å². The Labute approximate surface area is 107 Å². The molecule has 0 bridgehead atoms. The van der Waals surface area contributed by atoms with Crippen molar-refractivity contribution < 1.29 is 22.7 Å². The number of nitrogens with zero attached hydrogens (tertiary/aromatic N) is 1. The first-order valence-corrected chi connectivity index (χ1v) is 5.31. The van der Waals surface area contributed by atoms with Crippen molar-refractivity contribution in [3.8, 4) is 6.07 Å². The first kappa shape index (κ1) is 15.0. The number of benzene rings is 1. The van der Waals surface area contributed by atoms with Crippen LogP contribution in [0.2, 0.25) is 0 Å². The van der Waals surface area contributed by atoms with Crippen molar-refractivity contribution in [2.24, 2.45) is 0 Å². The lowest BCUT2D eigenvalue weighted by Crippen LogP contribution is -2.32. The molecule has 1 amide bonds. The van der Waals surface area contributed by atoms with Crippen molar-refractivity contribution in [2.75, 3.05) is 11.9 Å². The molecular weight excluding hydrogens is 261 g/mol. The molecule has 1 aromatic rings. The summed E-state index contributed by atoms with van der Waals surface area (Å²) in [6, 6.07) is 7.90. The average molecular weight is 272 g/mol. The van der Waals surface area contributed by atoms with E-state index >= 15 is 0 Å². The summed E-state index contributed by atoms with van der Waals surface area (Å²) in [5.41, 5.74) is 0.662. The molecule has 1 aromatic carbocycles. The molecule has 0 heterocycles. The van der Waals surface area contributed by atoms with E-state index in [1.165, 1.54) is 18.2 Å². The molecule has 4 nitrogen and oxygen atoms in total. The van der Waals surface area contributed by atoms with Crippen LogP contribution in [0.4, 0.5) is 18.9 Å². The topological polar surface area (TPSA) is 62.1 Å². The van der Waals surface area contributed by atoms with Crippen molar-refractivity contribution in [2.45, 2.75) is 19.2 Å². The molecule has 1 atom stereocenters. The van der Waals surface area contributed by atoms with Crippen molar-refractivity contribution >= 4 is 11.6 Å². The third-order valence-corrected chi connectivity index (χ3v) is 2.20. The van der Waals surface area contributed by atoms with Crippen LogP contribution in [0, 0.1) is 11.3 Å². The predicted octanol–water partition coefficient (Wildman–Crippen LogP) is 2.46. The SMILES string of the molecule is CC(OCC(=O)Nc1cccc(C#N)c1)C(F)(F)F. The van der Waals surface area contributed by atoms with Crippen molar-refractivity contribution in [3.63, 3.8) is 0 Å². The quantitative estimate of drug-likeness (QED) is 0.915. The van der Waals surface area contributed by atoms with Crippen molar-refractivity contribution in [1.29, 1.82) is 5.26 Å². The van der Waals surface area contributed by atoms with Gasteiger partial charge in [0, 0.05) is 5.69 Å². The molecule has 0 fully saturated rings. The third kappa shape index (κ3) is 4.97. The van der Waals surface area contributed by atoms with E-state index < -0.39 is 24.8 Å². The van der Waals surface area contributed by atoms with Crippen molar-refractivity contribution in [1.82, 2.24) is 0 Å². The Morgan fingerprint density at radius 2 is 2.21 bits per heavy atom. The van der Waals surface area contributed by atoms with Gasteiger partial charge in [0.1, 0.15) is 6.61 Å². The Bertz CT molecular complexity index is 494. The highest BCUT2D eigenvalue weighted by molar-refractivity contribution is 5.91. The summed E-state index contributed by atoms with van der Waals surface area (Å²) in [6.07, 6.45) is -6.51. The number of rotatable bonds is 4. The highest BCUT2D eigenvalue weighted by Gasteiger charge is 2.37. The first-order chi connectivity index (χ1) is 8.82. The van der Waals surface area contributed by atoms with E-state index in [1.54, 1.807) is 6.07 Å². The number of nitrogens with one attached hydrogen (secondary N) is 1.